The first-order chi connectivity index (χ1) is 51.3. The summed E-state index contributed by atoms with van der Waals surface area (Å²) in [6, 6.07) is -0.902. The molecule has 19 nitrogen and oxygen atoms in total. The van der Waals surface area contributed by atoms with Crippen LogP contribution in [0, 0.1) is 0 Å². The zero-order valence-corrected chi connectivity index (χ0v) is 65.4. The summed E-state index contributed by atoms with van der Waals surface area (Å²) in [5, 5.41) is 121. The maximum atomic E-state index is 13.5. The average Bonchev–Trinajstić information content (AvgIpc) is 0.781. The fourth-order valence-electron chi connectivity index (χ4n) is 14.0. The molecule has 1 amide bonds. The van der Waals surface area contributed by atoms with Gasteiger partial charge < -0.3 is 89.9 Å². The molecule has 0 aromatic rings. The highest BCUT2D eigenvalue weighted by atomic mass is 16.8. The van der Waals surface area contributed by atoms with E-state index in [2.05, 4.69) is 104 Å². The van der Waals surface area contributed by atoms with Crippen molar-refractivity contribution in [2.45, 2.75) is 426 Å². The molecule has 610 valence electrons. The number of nitrogens with one attached hydrogen (secondary N) is 1. The first-order valence-corrected chi connectivity index (χ1v) is 42.3. The molecule has 17 atom stereocenters. The number of hydrogen-bond acceptors (Lipinski definition) is 18. The van der Waals surface area contributed by atoms with Crippen molar-refractivity contribution < 1.29 is 89.4 Å². The maximum absolute atomic E-state index is 13.5. The Hall–Kier alpha value is -3.03. The SMILES string of the molecule is CC/C=C\C/C=C\C/C=C\C/C=C\C/C=C\C/C=C\C/C=C\CCCCCCCCCC(=O)NC(COC1OC(CO)C(OC2OC(CO)C(OC3OC(CO)C(O)C(O)C3O)C(O)C2O)C(O)C1O)C(O)CCCCCCCCCCCCCCCCCCCCCCCCCCCCCCCCC. The van der Waals surface area contributed by atoms with E-state index in [0.29, 0.717) is 12.8 Å². The second kappa shape index (κ2) is 65.7. The van der Waals surface area contributed by atoms with Crippen LogP contribution in [-0.4, -0.2) is 193 Å². The molecule has 0 bridgehead atoms. The molecule has 3 heterocycles. The molecule has 3 saturated heterocycles. The number of hydrogen-bond donors (Lipinski definition) is 12. The largest absolute Gasteiger partial charge is 0.394 e. The summed E-state index contributed by atoms with van der Waals surface area (Å²) in [5.41, 5.74) is 0. The monoisotopic (exact) mass is 1490 g/mol. The predicted octanol–water partition coefficient (Wildman–Crippen LogP) is 15.0. The van der Waals surface area contributed by atoms with Gasteiger partial charge in [0.05, 0.1) is 38.6 Å². The van der Waals surface area contributed by atoms with E-state index in [9.17, 15) is 61.0 Å². The van der Waals surface area contributed by atoms with Crippen LogP contribution in [0.3, 0.4) is 0 Å². The van der Waals surface area contributed by atoms with Crippen LogP contribution in [0.4, 0.5) is 0 Å². The van der Waals surface area contributed by atoms with Crippen molar-refractivity contribution in [1.29, 1.82) is 0 Å². The zero-order valence-electron chi connectivity index (χ0n) is 65.4. The molecule has 0 saturated carbocycles. The third kappa shape index (κ3) is 45.2. The van der Waals surface area contributed by atoms with Crippen LogP contribution < -0.4 is 5.32 Å². The summed E-state index contributed by atoms with van der Waals surface area (Å²) >= 11 is 0. The predicted molar refractivity (Wildman–Crippen MR) is 420 cm³/mol. The Morgan fingerprint density at radius 2 is 0.657 bits per heavy atom. The van der Waals surface area contributed by atoms with Crippen molar-refractivity contribution in [3.8, 4) is 0 Å². The number of aliphatic hydroxyl groups excluding tert-OH is 11. The van der Waals surface area contributed by atoms with Gasteiger partial charge in [0.15, 0.2) is 18.9 Å². The summed E-state index contributed by atoms with van der Waals surface area (Å²) in [5.74, 6) is -0.253. The Bertz CT molecular complexity index is 2230. The molecule has 0 radical (unpaired) electrons. The highest BCUT2D eigenvalue weighted by Crippen LogP contribution is 2.33. The van der Waals surface area contributed by atoms with Gasteiger partial charge in [0, 0.05) is 6.42 Å². The maximum Gasteiger partial charge on any atom is 0.220 e. The number of unbranched alkanes of at least 4 members (excludes halogenated alkanes) is 37. The minimum atomic E-state index is -1.98. The Morgan fingerprint density at radius 1 is 0.352 bits per heavy atom. The summed E-state index contributed by atoms with van der Waals surface area (Å²) in [4.78, 5) is 13.5. The Labute approximate surface area is 635 Å². The lowest BCUT2D eigenvalue weighted by Crippen LogP contribution is -2.66. The number of carbonyl (C=O) groups is 1. The molecule has 3 aliphatic heterocycles. The highest BCUT2D eigenvalue weighted by molar-refractivity contribution is 5.76. The molecular weight excluding hydrogens is 1330 g/mol. The Morgan fingerprint density at radius 3 is 1.03 bits per heavy atom. The van der Waals surface area contributed by atoms with Crippen LogP contribution in [-0.2, 0) is 33.2 Å². The van der Waals surface area contributed by atoms with E-state index in [1.165, 1.54) is 173 Å². The van der Waals surface area contributed by atoms with E-state index in [4.69, 9.17) is 28.4 Å². The Balaban J connectivity index is 1.36. The number of allylic oxidation sites excluding steroid dienone is 14. The smallest absolute Gasteiger partial charge is 0.220 e. The molecule has 3 aliphatic rings. The van der Waals surface area contributed by atoms with Gasteiger partial charge in [-0.2, -0.15) is 0 Å². The standard InChI is InChI=1S/C86H153NO18/c1-3-5-7-9-11-13-15-17-19-21-23-25-27-29-31-33-34-36-37-39-41-43-45-47-49-51-53-55-57-59-61-63-70(91)69(87-74(92)64-62-60-58-56-54-52-50-48-46-44-42-40-38-35-32-30-28-26-24-22-20-18-16-14-12-10-8-6-4-2)68-100-84-80(98)77(95)82(72(66-89)102-84)105-86-81(99)78(96)83(73(67-90)103-86)104-85-79(97)76(94)75(93)71(65-88)101-85/h6,8,12,14,18,20,24,26,30,32,38,40,44,46,69-73,75-86,88-91,93-99H,3-5,7,9-11,13,15-17,19,21-23,25,27-29,31,33-37,39,41-43,45,47-68H2,1-2H3,(H,87,92)/b8-6-,14-12-,20-18-,26-24-,32-30-,40-38-,46-44-. The summed E-state index contributed by atoms with van der Waals surface area (Å²) in [6.45, 7) is 1.71. The van der Waals surface area contributed by atoms with Crippen molar-refractivity contribution in [3.05, 3.63) is 85.1 Å². The summed E-state index contributed by atoms with van der Waals surface area (Å²) in [6.07, 6.45) is 61.0. The molecule has 17 unspecified atom stereocenters. The van der Waals surface area contributed by atoms with E-state index in [0.717, 1.165) is 116 Å². The number of amides is 1. The lowest BCUT2D eigenvalue weighted by atomic mass is 9.96. The molecule has 105 heavy (non-hydrogen) atoms. The van der Waals surface area contributed by atoms with Crippen molar-refractivity contribution in [2.24, 2.45) is 0 Å². The van der Waals surface area contributed by atoms with Crippen LogP contribution in [0.25, 0.3) is 0 Å². The molecule has 19 heteroatoms. The fourth-order valence-corrected chi connectivity index (χ4v) is 14.0. The van der Waals surface area contributed by atoms with E-state index < -0.39 is 124 Å². The van der Waals surface area contributed by atoms with Gasteiger partial charge >= 0.3 is 0 Å². The molecule has 3 rings (SSSR count). The number of aliphatic hydroxyl groups is 11. The van der Waals surface area contributed by atoms with Crippen LogP contribution in [0.15, 0.2) is 85.1 Å². The van der Waals surface area contributed by atoms with Gasteiger partial charge in [-0.05, 0) is 70.6 Å². The van der Waals surface area contributed by atoms with Gasteiger partial charge in [0.25, 0.3) is 0 Å². The van der Waals surface area contributed by atoms with E-state index in [1.54, 1.807) is 0 Å². The first kappa shape index (κ1) is 96.2. The quantitative estimate of drug-likeness (QED) is 0.0199. The second-order valence-corrected chi connectivity index (χ2v) is 29.9. The van der Waals surface area contributed by atoms with Gasteiger partial charge in [-0.1, -0.05) is 330 Å². The van der Waals surface area contributed by atoms with Crippen LogP contribution >= 0.6 is 0 Å². The molecule has 0 spiro atoms. The van der Waals surface area contributed by atoms with Crippen molar-refractivity contribution in [2.75, 3.05) is 26.4 Å². The van der Waals surface area contributed by atoms with Crippen LogP contribution in [0.2, 0.25) is 0 Å². The third-order valence-corrected chi connectivity index (χ3v) is 20.7. The minimum absolute atomic E-state index is 0.249. The van der Waals surface area contributed by atoms with Gasteiger partial charge in [0.2, 0.25) is 5.91 Å². The second-order valence-electron chi connectivity index (χ2n) is 29.9. The fraction of sp³-hybridized carbons (Fsp3) is 0.826. The number of carbonyl (C=O) groups excluding carboxylic acids is 1. The van der Waals surface area contributed by atoms with Gasteiger partial charge in [-0.3, -0.25) is 4.79 Å². The van der Waals surface area contributed by atoms with E-state index in [-0.39, 0.29) is 18.9 Å². The van der Waals surface area contributed by atoms with Crippen molar-refractivity contribution in [3.63, 3.8) is 0 Å². The highest BCUT2D eigenvalue weighted by Gasteiger charge is 2.54. The van der Waals surface area contributed by atoms with Gasteiger partial charge in [-0.25, -0.2) is 0 Å². The van der Waals surface area contributed by atoms with Crippen LogP contribution in [0.1, 0.15) is 322 Å². The molecular formula is C86H153NO18. The van der Waals surface area contributed by atoms with Crippen molar-refractivity contribution in [1.82, 2.24) is 5.32 Å². The van der Waals surface area contributed by atoms with E-state index in [1.807, 2.05) is 0 Å². The van der Waals surface area contributed by atoms with E-state index >= 15 is 0 Å². The Kier molecular flexibility index (Phi) is 60.1. The van der Waals surface area contributed by atoms with Crippen molar-refractivity contribution >= 4 is 5.91 Å². The number of rotatable bonds is 67. The average molecular weight is 1490 g/mol. The molecule has 3 fully saturated rings. The topological polar surface area (TPSA) is 307 Å². The zero-order chi connectivity index (χ0) is 76.0. The minimum Gasteiger partial charge on any atom is -0.394 e. The third-order valence-electron chi connectivity index (χ3n) is 20.7. The molecule has 0 aromatic heterocycles. The molecule has 12 N–H and O–H groups in total. The lowest BCUT2D eigenvalue weighted by Gasteiger charge is -2.48. The summed E-state index contributed by atoms with van der Waals surface area (Å²) < 4.78 is 34.5. The van der Waals surface area contributed by atoms with Crippen LogP contribution in [0.5, 0.6) is 0 Å². The molecule has 0 aliphatic carbocycles. The van der Waals surface area contributed by atoms with Gasteiger partial charge in [0.1, 0.15) is 73.2 Å². The first-order valence-electron chi connectivity index (χ1n) is 42.3. The van der Waals surface area contributed by atoms with Gasteiger partial charge in [-0.15, -0.1) is 0 Å². The number of ether oxygens (including phenoxy) is 6. The lowest BCUT2D eigenvalue weighted by molar-refractivity contribution is -0.379. The summed E-state index contributed by atoms with van der Waals surface area (Å²) in [7, 11) is 0. The molecule has 0 aromatic carbocycles. The normalized spacial score (nSPS) is 26.2.